The van der Waals surface area contributed by atoms with Crippen molar-refractivity contribution in [3.8, 4) is 0 Å². The fourth-order valence-electron chi connectivity index (χ4n) is 0.909. The maximum atomic E-state index is 11.8. The first-order valence-electron chi connectivity index (χ1n) is 3.93. The second kappa shape index (κ2) is 4.94. The zero-order valence-corrected chi connectivity index (χ0v) is 8.45. The summed E-state index contributed by atoms with van der Waals surface area (Å²) in [6, 6.07) is -1.16. The zero-order valence-electron chi connectivity index (χ0n) is 7.63. The van der Waals surface area contributed by atoms with E-state index in [0.717, 1.165) is 6.92 Å². The van der Waals surface area contributed by atoms with Crippen molar-refractivity contribution >= 4 is 10.0 Å². The van der Waals surface area contributed by atoms with Crippen molar-refractivity contribution in [2.45, 2.75) is 25.6 Å². The lowest BCUT2D eigenvalue weighted by atomic mass is 10.2. The average molecular weight is 234 g/mol. The molecular formula is C6H13F3N2O2S. The number of sulfonamides is 1. The Labute approximate surface area is 80.7 Å². The Morgan fingerprint density at radius 3 is 2.29 bits per heavy atom. The van der Waals surface area contributed by atoms with Crippen LogP contribution in [0.25, 0.3) is 0 Å². The molecule has 86 valence electrons. The number of nitrogens with two attached hydrogens (primary N) is 1. The smallest absolute Gasteiger partial charge is 0.329 e. The van der Waals surface area contributed by atoms with Crippen LogP contribution >= 0.6 is 0 Å². The first kappa shape index (κ1) is 13.7. The van der Waals surface area contributed by atoms with Crippen LogP contribution < -0.4 is 10.5 Å². The summed E-state index contributed by atoms with van der Waals surface area (Å²) < 4.78 is 59.2. The molecule has 0 radical (unpaired) electrons. The molecule has 0 bridgehead atoms. The average Bonchev–Trinajstić information content (AvgIpc) is 1.78. The van der Waals surface area contributed by atoms with Gasteiger partial charge in [-0.05, 0) is 6.92 Å². The topological polar surface area (TPSA) is 72.2 Å². The van der Waals surface area contributed by atoms with E-state index >= 15 is 0 Å². The van der Waals surface area contributed by atoms with Crippen molar-refractivity contribution in [3.05, 3.63) is 0 Å². The van der Waals surface area contributed by atoms with E-state index in [1.54, 1.807) is 0 Å². The molecule has 14 heavy (non-hydrogen) atoms. The van der Waals surface area contributed by atoms with Crippen molar-refractivity contribution in [1.29, 1.82) is 0 Å². The van der Waals surface area contributed by atoms with Gasteiger partial charge in [-0.1, -0.05) is 0 Å². The third-order valence-electron chi connectivity index (χ3n) is 1.30. The van der Waals surface area contributed by atoms with Crippen molar-refractivity contribution < 1.29 is 21.6 Å². The molecule has 0 aromatic heterocycles. The minimum absolute atomic E-state index is 0.117. The highest BCUT2D eigenvalue weighted by molar-refractivity contribution is 7.89. The summed E-state index contributed by atoms with van der Waals surface area (Å²) in [7, 11) is -3.68. The quantitative estimate of drug-likeness (QED) is 0.714. The van der Waals surface area contributed by atoms with Gasteiger partial charge in [-0.2, -0.15) is 13.2 Å². The fourth-order valence-corrected chi connectivity index (χ4v) is 2.03. The molecule has 0 aliphatic carbocycles. The maximum Gasteiger partial charge on any atom is 0.390 e. The lowest BCUT2D eigenvalue weighted by Gasteiger charge is -2.15. The Bertz CT molecular complexity index is 263. The number of alkyl halides is 3. The first-order valence-corrected chi connectivity index (χ1v) is 5.58. The summed E-state index contributed by atoms with van der Waals surface area (Å²) >= 11 is 0. The van der Waals surface area contributed by atoms with Crippen LogP contribution in [0, 0.1) is 0 Å². The van der Waals surface area contributed by atoms with Gasteiger partial charge in [0.2, 0.25) is 10.0 Å². The predicted molar refractivity (Wildman–Crippen MR) is 46.1 cm³/mol. The summed E-state index contributed by atoms with van der Waals surface area (Å²) in [5.41, 5.74) is 4.98. The molecule has 0 rings (SSSR count). The summed E-state index contributed by atoms with van der Waals surface area (Å²) in [5.74, 6) is -0.366. The molecule has 0 aromatic rings. The molecule has 0 fully saturated rings. The number of rotatable bonds is 5. The molecule has 0 saturated heterocycles. The van der Waals surface area contributed by atoms with E-state index in [0.29, 0.717) is 0 Å². The Hall–Kier alpha value is -0.340. The van der Waals surface area contributed by atoms with Gasteiger partial charge in [0.1, 0.15) is 0 Å². The summed E-state index contributed by atoms with van der Waals surface area (Å²) in [4.78, 5) is 0. The monoisotopic (exact) mass is 234 g/mol. The number of hydrogen-bond donors (Lipinski definition) is 2. The number of nitrogens with one attached hydrogen (secondary N) is 1. The molecule has 8 heteroatoms. The Morgan fingerprint density at radius 2 is 1.93 bits per heavy atom. The first-order chi connectivity index (χ1) is 6.16. The van der Waals surface area contributed by atoms with Crippen molar-refractivity contribution in [1.82, 2.24) is 4.72 Å². The molecule has 0 amide bonds. The molecule has 0 aliphatic rings. The van der Waals surface area contributed by atoms with Crippen LogP contribution in [0.15, 0.2) is 0 Å². The van der Waals surface area contributed by atoms with Crippen LogP contribution in [0.3, 0.4) is 0 Å². The lowest BCUT2D eigenvalue weighted by molar-refractivity contribution is -0.137. The number of hydrogen-bond acceptors (Lipinski definition) is 3. The minimum Gasteiger partial charge on any atom is -0.329 e. The second-order valence-electron chi connectivity index (χ2n) is 2.95. The van der Waals surface area contributed by atoms with E-state index in [1.165, 1.54) is 0 Å². The minimum atomic E-state index is -4.37. The molecule has 0 spiro atoms. The van der Waals surface area contributed by atoms with E-state index in [-0.39, 0.29) is 12.3 Å². The predicted octanol–water partition coefficient (Wildman–Crippen LogP) is 0.205. The van der Waals surface area contributed by atoms with E-state index in [2.05, 4.69) is 0 Å². The highest BCUT2D eigenvalue weighted by Crippen LogP contribution is 2.21. The molecule has 4 nitrogen and oxygen atoms in total. The third-order valence-corrected chi connectivity index (χ3v) is 2.84. The summed E-state index contributed by atoms with van der Waals surface area (Å²) in [5, 5.41) is 0. The molecular weight excluding hydrogens is 221 g/mol. The van der Waals surface area contributed by atoms with Crippen LogP contribution in [0.4, 0.5) is 13.2 Å². The van der Waals surface area contributed by atoms with Crippen molar-refractivity contribution in [3.63, 3.8) is 0 Å². The van der Waals surface area contributed by atoms with Crippen LogP contribution in [0.5, 0.6) is 0 Å². The van der Waals surface area contributed by atoms with Crippen LogP contribution in [-0.2, 0) is 10.0 Å². The number of halogens is 3. The lowest BCUT2D eigenvalue weighted by Crippen LogP contribution is -2.38. The maximum absolute atomic E-state index is 11.8. The van der Waals surface area contributed by atoms with Gasteiger partial charge in [-0.3, -0.25) is 0 Å². The highest BCUT2D eigenvalue weighted by Gasteiger charge is 2.31. The van der Waals surface area contributed by atoms with Gasteiger partial charge in [0.25, 0.3) is 0 Å². The van der Waals surface area contributed by atoms with E-state index in [9.17, 15) is 21.6 Å². The molecule has 1 atom stereocenters. The standard InChI is InChI=1S/C6H13F3N2O2S/c1-5(4-6(7,8)9)11-14(12,13)3-2-10/h5,11H,2-4,10H2,1H3. The van der Waals surface area contributed by atoms with Crippen LogP contribution in [0.1, 0.15) is 13.3 Å². The highest BCUT2D eigenvalue weighted by atomic mass is 32.2. The van der Waals surface area contributed by atoms with Gasteiger partial charge in [0.15, 0.2) is 0 Å². The van der Waals surface area contributed by atoms with Crippen molar-refractivity contribution in [2.75, 3.05) is 12.3 Å². The second-order valence-corrected chi connectivity index (χ2v) is 4.82. The molecule has 0 aromatic carbocycles. The largest absolute Gasteiger partial charge is 0.390 e. The third kappa shape index (κ3) is 7.10. The van der Waals surface area contributed by atoms with Crippen LogP contribution in [0.2, 0.25) is 0 Å². The van der Waals surface area contributed by atoms with E-state index < -0.39 is 28.7 Å². The Morgan fingerprint density at radius 1 is 1.43 bits per heavy atom. The molecule has 0 aliphatic heterocycles. The normalized spacial score (nSPS) is 15.5. The van der Waals surface area contributed by atoms with Gasteiger partial charge in [-0.15, -0.1) is 0 Å². The molecule has 1 unspecified atom stereocenters. The fraction of sp³-hybridized carbons (Fsp3) is 1.00. The molecule has 3 N–H and O–H groups in total. The van der Waals surface area contributed by atoms with Gasteiger partial charge < -0.3 is 5.73 Å². The van der Waals surface area contributed by atoms with E-state index in [1.807, 2.05) is 4.72 Å². The van der Waals surface area contributed by atoms with E-state index in [4.69, 9.17) is 5.73 Å². The van der Waals surface area contributed by atoms with Crippen LogP contribution in [-0.4, -0.2) is 32.9 Å². The van der Waals surface area contributed by atoms with Crippen molar-refractivity contribution in [2.24, 2.45) is 5.73 Å². The Kier molecular flexibility index (Phi) is 4.82. The van der Waals surface area contributed by atoms with Gasteiger partial charge in [-0.25, -0.2) is 13.1 Å². The molecule has 0 heterocycles. The summed E-state index contributed by atoms with van der Waals surface area (Å²) in [6.45, 7) is 1.04. The molecule has 0 saturated carbocycles. The zero-order chi connectivity index (χ0) is 11.4. The summed E-state index contributed by atoms with van der Waals surface area (Å²) in [6.07, 6.45) is -5.55. The van der Waals surface area contributed by atoms with Gasteiger partial charge >= 0.3 is 6.18 Å². The van der Waals surface area contributed by atoms with Gasteiger partial charge in [0, 0.05) is 12.6 Å². The SMILES string of the molecule is CC(CC(F)(F)F)NS(=O)(=O)CCN. The Balaban J connectivity index is 4.13. The van der Waals surface area contributed by atoms with Gasteiger partial charge in [0.05, 0.1) is 12.2 Å².